The summed E-state index contributed by atoms with van der Waals surface area (Å²) in [6.45, 7) is -0.316. The van der Waals surface area contributed by atoms with E-state index in [1.54, 1.807) is 0 Å². The topological polar surface area (TPSA) is 84.7 Å². The van der Waals surface area contributed by atoms with Crippen LogP contribution in [0.25, 0.3) is 0 Å². The molecule has 1 aromatic carbocycles. The Morgan fingerprint density at radius 1 is 1.26 bits per heavy atom. The van der Waals surface area contributed by atoms with Crippen LogP contribution < -0.4 is 16.1 Å². The van der Waals surface area contributed by atoms with Gasteiger partial charge in [0, 0.05) is 26.2 Å². The Balaban J connectivity index is 2.31. The number of hydrogen-bond donors (Lipinski definition) is 2. The second-order valence-corrected chi connectivity index (χ2v) is 4.34. The molecule has 0 unspecified atom stereocenters. The largest absolute Gasteiger partial charge is 0.378 e. The normalized spacial score (nSPS) is 10.0. The van der Waals surface area contributed by atoms with Gasteiger partial charge in [-0.25, -0.2) is 5.48 Å². The van der Waals surface area contributed by atoms with Gasteiger partial charge in [-0.15, -0.1) is 0 Å². The van der Waals surface area contributed by atoms with E-state index in [9.17, 15) is 9.59 Å². The Hall–Kier alpha value is -2.08. The van der Waals surface area contributed by atoms with Crippen molar-refractivity contribution in [2.45, 2.75) is 12.8 Å². The molecule has 2 amide bonds. The number of amides is 2. The van der Waals surface area contributed by atoms with Crippen LogP contribution in [0.5, 0.6) is 0 Å². The van der Waals surface area contributed by atoms with Gasteiger partial charge in [-0.05, 0) is 24.1 Å². The highest BCUT2D eigenvalue weighted by Gasteiger charge is 2.03. The maximum Gasteiger partial charge on any atom is 0.246 e. The van der Waals surface area contributed by atoms with Crippen molar-refractivity contribution in [3.63, 3.8) is 0 Å². The summed E-state index contributed by atoms with van der Waals surface area (Å²) in [5.41, 5.74) is 9.20. The summed E-state index contributed by atoms with van der Waals surface area (Å²) in [6.07, 6.45) is 0.902. The maximum absolute atomic E-state index is 11.4. The number of hydroxylamine groups is 1. The van der Waals surface area contributed by atoms with Crippen LogP contribution in [-0.2, 0) is 20.8 Å². The number of benzene rings is 1. The van der Waals surface area contributed by atoms with E-state index in [1.165, 1.54) is 0 Å². The lowest BCUT2D eigenvalue weighted by atomic mass is 10.1. The number of anilines is 1. The van der Waals surface area contributed by atoms with E-state index in [0.29, 0.717) is 12.8 Å². The Morgan fingerprint density at radius 2 is 1.89 bits per heavy atom. The van der Waals surface area contributed by atoms with E-state index in [0.717, 1.165) is 11.3 Å². The van der Waals surface area contributed by atoms with Crippen LogP contribution in [0.4, 0.5) is 5.69 Å². The predicted molar refractivity (Wildman–Crippen MR) is 72.4 cm³/mol. The molecule has 104 valence electrons. The lowest BCUT2D eigenvalue weighted by Crippen LogP contribution is -2.29. The molecule has 0 saturated heterocycles. The van der Waals surface area contributed by atoms with Gasteiger partial charge in [0.2, 0.25) is 11.8 Å². The quantitative estimate of drug-likeness (QED) is 0.691. The van der Waals surface area contributed by atoms with E-state index >= 15 is 0 Å². The fourth-order valence-electron chi connectivity index (χ4n) is 1.46. The summed E-state index contributed by atoms with van der Waals surface area (Å²) in [5.74, 6) is -0.905. The van der Waals surface area contributed by atoms with E-state index in [1.807, 2.05) is 43.3 Å². The van der Waals surface area contributed by atoms with Crippen molar-refractivity contribution in [2.75, 3.05) is 25.6 Å². The van der Waals surface area contributed by atoms with Crippen LogP contribution >= 0.6 is 0 Å². The van der Waals surface area contributed by atoms with Crippen molar-refractivity contribution in [1.29, 1.82) is 0 Å². The summed E-state index contributed by atoms with van der Waals surface area (Å²) >= 11 is 0. The first-order valence-corrected chi connectivity index (χ1v) is 5.94. The second-order valence-electron chi connectivity index (χ2n) is 4.34. The number of nitrogens with two attached hydrogens (primary N) is 1. The number of rotatable bonds is 7. The Kier molecular flexibility index (Phi) is 5.81. The third-order valence-corrected chi connectivity index (χ3v) is 2.49. The molecule has 0 atom stereocenters. The minimum Gasteiger partial charge on any atom is -0.378 e. The molecule has 0 aliphatic rings. The van der Waals surface area contributed by atoms with Crippen molar-refractivity contribution in [1.82, 2.24) is 5.48 Å². The molecule has 1 rings (SSSR count). The van der Waals surface area contributed by atoms with Gasteiger partial charge in [-0.1, -0.05) is 12.1 Å². The first kappa shape index (κ1) is 15.0. The summed E-state index contributed by atoms with van der Waals surface area (Å²) in [4.78, 5) is 28.4. The molecule has 3 N–H and O–H groups in total. The summed E-state index contributed by atoms with van der Waals surface area (Å²) in [6, 6.07) is 7.95. The molecule has 6 heteroatoms. The van der Waals surface area contributed by atoms with E-state index < -0.39 is 5.91 Å². The van der Waals surface area contributed by atoms with Crippen molar-refractivity contribution in [3.05, 3.63) is 29.8 Å². The van der Waals surface area contributed by atoms with Crippen LogP contribution in [0.1, 0.15) is 12.0 Å². The van der Waals surface area contributed by atoms with Gasteiger partial charge >= 0.3 is 0 Å². The van der Waals surface area contributed by atoms with Crippen molar-refractivity contribution in [3.8, 4) is 0 Å². The van der Waals surface area contributed by atoms with Crippen LogP contribution in [-0.4, -0.2) is 32.5 Å². The summed E-state index contributed by atoms with van der Waals surface area (Å²) < 4.78 is 0. The molecule has 0 bridgehead atoms. The van der Waals surface area contributed by atoms with E-state index in [2.05, 4.69) is 10.3 Å². The molecule has 0 radical (unpaired) electrons. The van der Waals surface area contributed by atoms with Crippen LogP contribution in [0.3, 0.4) is 0 Å². The SMILES string of the molecule is CN(C)c1ccc(CCC(=O)NOCC(N)=O)cc1. The van der Waals surface area contributed by atoms with Gasteiger partial charge in [-0.3, -0.25) is 14.4 Å². The third-order valence-electron chi connectivity index (χ3n) is 2.49. The molecule has 1 aromatic rings. The highest BCUT2D eigenvalue weighted by atomic mass is 16.7. The van der Waals surface area contributed by atoms with Crippen LogP contribution in [0.2, 0.25) is 0 Å². The standard InChI is InChI=1S/C13H19N3O3/c1-16(2)11-6-3-10(4-7-11)5-8-13(18)15-19-9-12(14)17/h3-4,6-7H,5,8-9H2,1-2H3,(H2,14,17)(H,15,18). The fraction of sp³-hybridized carbons (Fsp3) is 0.385. The van der Waals surface area contributed by atoms with Crippen molar-refractivity contribution < 1.29 is 14.4 Å². The number of nitrogens with zero attached hydrogens (tertiary/aromatic N) is 1. The zero-order chi connectivity index (χ0) is 14.3. The van der Waals surface area contributed by atoms with Gasteiger partial charge in [0.1, 0.15) is 0 Å². The molecule has 0 fully saturated rings. The highest BCUT2D eigenvalue weighted by molar-refractivity contribution is 5.77. The maximum atomic E-state index is 11.4. The first-order valence-electron chi connectivity index (χ1n) is 5.94. The number of nitrogens with one attached hydrogen (secondary N) is 1. The van der Waals surface area contributed by atoms with Crippen LogP contribution in [0, 0.1) is 0 Å². The molecule has 0 saturated carbocycles. The fourth-order valence-corrected chi connectivity index (χ4v) is 1.46. The Bertz CT molecular complexity index is 429. The molecule has 0 spiro atoms. The smallest absolute Gasteiger partial charge is 0.246 e. The van der Waals surface area contributed by atoms with Gasteiger partial charge in [0.15, 0.2) is 6.61 Å². The number of aryl methyl sites for hydroxylation is 1. The number of hydrogen-bond acceptors (Lipinski definition) is 4. The predicted octanol–water partition coefficient (Wildman–Crippen LogP) is 0.218. The van der Waals surface area contributed by atoms with Gasteiger partial charge in [0.05, 0.1) is 0 Å². The van der Waals surface area contributed by atoms with Gasteiger partial charge in [-0.2, -0.15) is 0 Å². The zero-order valence-corrected chi connectivity index (χ0v) is 11.2. The lowest BCUT2D eigenvalue weighted by Gasteiger charge is -2.12. The third kappa shape index (κ3) is 5.87. The van der Waals surface area contributed by atoms with Crippen LogP contribution in [0.15, 0.2) is 24.3 Å². The Morgan fingerprint density at radius 3 is 2.42 bits per heavy atom. The molecule has 0 aliphatic carbocycles. The van der Waals surface area contributed by atoms with E-state index in [4.69, 9.17) is 5.73 Å². The Labute approximate surface area is 112 Å². The molecular weight excluding hydrogens is 246 g/mol. The number of carbonyl (C=O) groups is 2. The van der Waals surface area contributed by atoms with Crippen molar-refractivity contribution >= 4 is 17.5 Å². The lowest BCUT2D eigenvalue weighted by molar-refractivity contribution is -0.137. The molecule has 19 heavy (non-hydrogen) atoms. The number of primary amides is 1. The summed E-state index contributed by atoms with van der Waals surface area (Å²) in [5, 5.41) is 0. The zero-order valence-electron chi connectivity index (χ0n) is 11.2. The average molecular weight is 265 g/mol. The van der Waals surface area contributed by atoms with Gasteiger partial charge < -0.3 is 10.6 Å². The minimum absolute atomic E-state index is 0.280. The first-order chi connectivity index (χ1) is 8.99. The van der Waals surface area contributed by atoms with Crippen molar-refractivity contribution in [2.24, 2.45) is 5.73 Å². The van der Waals surface area contributed by atoms with E-state index in [-0.39, 0.29) is 12.5 Å². The summed E-state index contributed by atoms with van der Waals surface area (Å²) in [7, 11) is 3.94. The molecular formula is C13H19N3O3. The average Bonchev–Trinajstić information content (AvgIpc) is 2.36. The molecule has 0 aliphatic heterocycles. The van der Waals surface area contributed by atoms with Gasteiger partial charge in [0.25, 0.3) is 0 Å². The highest BCUT2D eigenvalue weighted by Crippen LogP contribution is 2.13. The minimum atomic E-state index is -0.625. The second kappa shape index (κ2) is 7.38. The monoisotopic (exact) mass is 265 g/mol. The molecule has 6 nitrogen and oxygen atoms in total. The molecule has 0 heterocycles. The molecule has 0 aromatic heterocycles. The number of carbonyl (C=O) groups excluding carboxylic acids is 2.